The van der Waals surface area contributed by atoms with Gasteiger partial charge >= 0.3 is 5.97 Å². The first-order chi connectivity index (χ1) is 13.5. The van der Waals surface area contributed by atoms with Crippen molar-refractivity contribution in [3.8, 4) is 0 Å². The van der Waals surface area contributed by atoms with Crippen molar-refractivity contribution in [1.82, 2.24) is 9.78 Å². The lowest BCUT2D eigenvalue weighted by Crippen LogP contribution is -2.31. The maximum Gasteiger partial charge on any atom is 0.311 e. The lowest BCUT2D eigenvalue weighted by Gasteiger charge is -2.11. The predicted octanol–water partition coefficient (Wildman–Crippen LogP) is 2.45. The topological polar surface area (TPSA) is 90.3 Å². The molecule has 0 aliphatic heterocycles. The summed E-state index contributed by atoms with van der Waals surface area (Å²) in [5.74, 6) is -0.813. The molecule has 0 atom stereocenters. The number of ether oxygens (including phenoxy) is 1. The molecule has 0 radical (unpaired) electrons. The van der Waals surface area contributed by atoms with E-state index in [1.165, 1.54) is 0 Å². The molecule has 0 saturated heterocycles. The normalized spacial score (nSPS) is 10.6. The summed E-state index contributed by atoms with van der Waals surface area (Å²) in [5.41, 5.74) is 1.67. The van der Waals surface area contributed by atoms with Gasteiger partial charge < -0.3 is 10.1 Å². The minimum atomic E-state index is -0.436. The van der Waals surface area contributed by atoms with Crippen molar-refractivity contribution in [3.63, 3.8) is 0 Å². The molecular weight excluding hydrogens is 358 g/mol. The lowest BCUT2D eigenvalue weighted by atomic mass is 10.1. The smallest absolute Gasteiger partial charge is 0.311 e. The zero-order valence-electron chi connectivity index (χ0n) is 15.8. The van der Waals surface area contributed by atoms with E-state index in [0.29, 0.717) is 22.2 Å². The van der Waals surface area contributed by atoms with Gasteiger partial charge in [0.2, 0.25) is 5.91 Å². The lowest BCUT2D eigenvalue weighted by molar-refractivity contribution is -0.142. The second kappa shape index (κ2) is 8.47. The van der Waals surface area contributed by atoms with Crippen LogP contribution in [0.3, 0.4) is 0 Å². The van der Waals surface area contributed by atoms with E-state index in [1.54, 1.807) is 37.3 Å². The number of esters is 1. The van der Waals surface area contributed by atoms with Crippen LogP contribution in [0.15, 0.2) is 53.3 Å². The van der Waals surface area contributed by atoms with Crippen molar-refractivity contribution in [3.05, 3.63) is 70.1 Å². The number of aryl methyl sites for hydroxylation is 1. The van der Waals surface area contributed by atoms with Gasteiger partial charge in [0.25, 0.3) is 5.56 Å². The molecule has 3 aromatic rings. The number of carbonyl (C=O) groups excluding carboxylic acids is 2. The highest BCUT2D eigenvalue weighted by molar-refractivity contribution is 5.91. The number of carbonyl (C=O) groups is 2. The maximum atomic E-state index is 12.7. The van der Waals surface area contributed by atoms with Crippen LogP contribution < -0.4 is 10.9 Å². The third-order valence-electron chi connectivity index (χ3n) is 4.16. The number of fused-ring (bicyclic) bond motifs is 1. The Labute approximate surface area is 161 Å². The van der Waals surface area contributed by atoms with Crippen molar-refractivity contribution >= 4 is 28.3 Å². The second-order valence-corrected chi connectivity index (χ2v) is 6.35. The molecule has 0 aliphatic rings. The zero-order valence-corrected chi connectivity index (χ0v) is 15.8. The van der Waals surface area contributed by atoms with Crippen LogP contribution in [0.25, 0.3) is 10.8 Å². The van der Waals surface area contributed by atoms with Crippen molar-refractivity contribution in [2.24, 2.45) is 0 Å². The van der Waals surface area contributed by atoms with Gasteiger partial charge in [-0.15, -0.1) is 0 Å². The Morgan fingerprint density at radius 3 is 2.57 bits per heavy atom. The standard InChI is InChI=1S/C21H21N3O4/c1-3-28-20(26)12-18-16-9-4-5-10-17(16)21(27)24(23-18)13-19(25)22-15-8-6-7-14(2)11-15/h4-11H,3,12-13H2,1-2H3,(H,22,25). The second-order valence-electron chi connectivity index (χ2n) is 6.35. The molecule has 0 fully saturated rings. The highest BCUT2D eigenvalue weighted by atomic mass is 16.5. The van der Waals surface area contributed by atoms with Crippen LogP contribution in [0.2, 0.25) is 0 Å². The summed E-state index contributed by atoms with van der Waals surface area (Å²) < 4.78 is 6.08. The molecule has 144 valence electrons. The molecular formula is C21H21N3O4. The van der Waals surface area contributed by atoms with Crippen LogP contribution >= 0.6 is 0 Å². The minimum Gasteiger partial charge on any atom is -0.466 e. The molecule has 7 nitrogen and oxygen atoms in total. The van der Waals surface area contributed by atoms with Crippen molar-refractivity contribution < 1.29 is 14.3 Å². The third-order valence-corrected chi connectivity index (χ3v) is 4.16. The average Bonchev–Trinajstić information content (AvgIpc) is 2.65. The van der Waals surface area contributed by atoms with Gasteiger partial charge in [-0.3, -0.25) is 14.4 Å². The molecule has 1 aromatic heterocycles. The first-order valence-corrected chi connectivity index (χ1v) is 8.99. The van der Waals surface area contributed by atoms with Gasteiger partial charge in [-0.05, 0) is 37.6 Å². The summed E-state index contributed by atoms with van der Waals surface area (Å²) in [6, 6.07) is 14.3. The van der Waals surface area contributed by atoms with E-state index in [9.17, 15) is 14.4 Å². The molecule has 0 aliphatic carbocycles. The van der Waals surface area contributed by atoms with Gasteiger partial charge in [-0.1, -0.05) is 30.3 Å². The molecule has 0 bridgehead atoms. The van der Waals surface area contributed by atoms with Crippen LogP contribution in [0.4, 0.5) is 5.69 Å². The van der Waals surface area contributed by atoms with Gasteiger partial charge in [0, 0.05) is 11.1 Å². The summed E-state index contributed by atoms with van der Waals surface area (Å²) in [6.45, 7) is 3.65. The number of anilines is 1. The summed E-state index contributed by atoms with van der Waals surface area (Å²) in [5, 5.41) is 8.00. The minimum absolute atomic E-state index is 0.0753. The Morgan fingerprint density at radius 1 is 1.11 bits per heavy atom. The summed E-state index contributed by atoms with van der Waals surface area (Å²) >= 11 is 0. The third kappa shape index (κ3) is 4.43. The SMILES string of the molecule is CCOC(=O)Cc1nn(CC(=O)Nc2cccc(C)c2)c(=O)c2ccccc12. The van der Waals surface area contributed by atoms with Crippen molar-refractivity contribution in [2.75, 3.05) is 11.9 Å². The van der Waals surface area contributed by atoms with E-state index in [2.05, 4.69) is 10.4 Å². The molecule has 2 aromatic carbocycles. The van der Waals surface area contributed by atoms with Crippen LogP contribution in [0.1, 0.15) is 18.2 Å². The number of benzene rings is 2. The predicted molar refractivity (Wildman–Crippen MR) is 106 cm³/mol. The van der Waals surface area contributed by atoms with E-state index in [0.717, 1.165) is 10.2 Å². The summed E-state index contributed by atoms with van der Waals surface area (Å²) in [6.07, 6.45) is -0.0753. The number of rotatable bonds is 6. The molecule has 3 rings (SSSR count). The maximum absolute atomic E-state index is 12.7. The Kier molecular flexibility index (Phi) is 5.84. The van der Waals surface area contributed by atoms with E-state index in [1.807, 2.05) is 25.1 Å². The molecule has 1 heterocycles. The molecule has 0 spiro atoms. The molecule has 0 saturated carbocycles. The van der Waals surface area contributed by atoms with Gasteiger partial charge in [-0.25, -0.2) is 4.68 Å². The van der Waals surface area contributed by atoms with Gasteiger partial charge in [-0.2, -0.15) is 5.10 Å². The van der Waals surface area contributed by atoms with Crippen LogP contribution in [-0.4, -0.2) is 28.3 Å². The number of hydrogen-bond acceptors (Lipinski definition) is 5. The molecule has 0 unspecified atom stereocenters. The van der Waals surface area contributed by atoms with Gasteiger partial charge in [0.1, 0.15) is 6.54 Å². The fourth-order valence-corrected chi connectivity index (χ4v) is 2.95. The monoisotopic (exact) mass is 379 g/mol. The van der Waals surface area contributed by atoms with E-state index < -0.39 is 5.97 Å². The first kappa shape index (κ1) is 19.3. The van der Waals surface area contributed by atoms with Crippen LogP contribution in [0.5, 0.6) is 0 Å². The van der Waals surface area contributed by atoms with Gasteiger partial charge in [0.05, 0.1) is 24.1 Å². The first-order valence-electron chi connectivity index (χ1n) is 8.99. The fraction of sp³-hybridized carbons (Fsp3) is 0.238. The van der Waals surface area contributed by atoms with Crippen molar-refractivity contribution in [1.29, 1.82) is 0 Å². The Hall–Kier alpha value is -3.48. The Morgan fingerprint density at radius 2 is 1.86 bits per heavy atom. The molecule has 7 heteroatoms. The van der Waals surface area contributed by atoms with E-state index >= 15 is 0 Å². The molecule has 28 heavy (non-hydrogen) atoms. The van der Waals surface area contributed by atoms with Gasteiger partial charge in [0.15, 0.2) is 0 Å². The van der Waals surface area contributed by atoms with Crippen LogP contribution in [0, 0.1) is 6.92 Å². The number of amides is 1. The molecule has 1 N–H and O–H groups in total. The highest BCUT2D eigenvalue weighted by Crippen LogP contribution is 2.14. The fourth-order valence-electron chi connectivity index (χ4n) is 2.95. The molecule has 1 amide bonds. The summed E-state index contributed by atoms with van der Waals surface area (Å²) in [7, 11) is 0. The number of nitrogens with one attached hydrogen (secondary N) is 1. The highest BCUT2D eigenvalue weighted by Gasteiger charge is 2.16. The van der Waals surface area contributed by atoms with Crippen LogP contribution in [-0.2, 0) is 27.3 Å². The average molecular weight is 379 g/mol. The summed E-state index contributed by atoms with van der Waals surface area (Å²) in [4.78, 5) is 37.1. The van der Waals surface area contributed by atoms with E-state index in [-0.39, 0.29) is 31.0 Å². The van der Waals surface area contributed by atoms with Crippen molar-refractivity contribution in [2.45, 2.75) is 26.8 Å². The number of aromatic nitrogens is 2. The van der Waals surface area contributed by atoms with E-state index in [4.69, 9.17) is 4.74 Å². The number of nitrogens with zero attached hydrogens (tertiary/aromatic N) is 2. The Balaban J connectivity index is 1.91. The Bertz CT molecular complexity index is 1090. The quantitative estimate of drug-likeness (QED) is 0.665. The zero-order chi connectivity index (χ0) is 20.1. The largest absolute Gasteiger partial charge is 0.466 e. The number of hydrogen-bond donors (Lipinski definition) is 1.